The molecule has 33 heavy (non-hydrogen) atoms. The lowest BCUT2D eigenvalue weighted by molar-refractivity contribution is 0.0401. The summed E-state index contributed by atoms with van der Waals surface area (Å²) < 4.78 is 2.01. The molecule has 1 aromatic carbocycles. The van der Waals surface area contributed by atoms with E-state index in [1.54, 1.807) is 11.3 Å². The van der Waals surface area contributed by atoms with E-state index in [4.69, 9.17) is 4.98 Å². The van der Waals surface area contributed by atoms with Gasteiger partial charge in [-0.1, -0.05) is 36.8 Å². The second-order valence-electron chi connectivity index (χ2n) is 9.53. The molecule has 0 radical (unpaired) electrons. The van der Waals surface area contributed by atoms with Crippen molar-refractivity contribution in [1.82, 2.24) is 19.4 Å². The summed E-state index contributed by atoms with van der Waals surface area (Å²) in [5.74, 6) is 0.643. The van der Waals surface area contributed by atoms with E-state index in [2.05, 4.69) is 29.2 Å². The summed E-state index contributed by atoms with van der Waals surface area (Å²) in [6.45, 7) is 3.29. The average molecular weight is 463 g/mol. The first-order valence-corrected chi connectivity index (χ1v) is 13.2. The Morgan fingerprint density at radius 2 is 1.82 bits per heavy atom. The first-order chi connectivity index (χ1) is 16.2. The molecule has 2 atom stereocenters. The predicted octanol–water partition coefficient (Wildman–Crippen LogP) is 5.06. The third-order valence-corrected chi connectivity index (χ3v) is 8.41. The van der Waals surface area contributed by atoms with Gasteiger partial charge in [0.1, 0.15) is 5.69 Å². The molecule has 2 saturated heterocycles. The van der Waals surface area contributed by atoms with Gasteiger partial charge in [-0.2, -0.15) is 0 Å². The molecule has 2 unspecified atom stereocenters. The molecule has 3 aromatic rings. The smallest absolute Gasteiger partial charge is 0.273 e. The molecule has 2 fully saturated rings. The Bertz CT molecular complexity index is 1040. The van der Waals surface area contributed by atoms with Crippen LogP contribution in [-0.4, -0.2) is 58.0 Å². The van der Waals surface area contributed by atoms with E-state index in [9.17, 15) is 4.79 Å². The van der Waals surface area contributed by atoms with Crippen LogP contribution in [0.3, 0.4) is 0 Å². The van der Waals surface area contributed by atoms with E-state index >= 15 is 0 Å². The molecule has 174 valence electrons. The molecule has 0 spiro atoms. The quantitative estimate of drug-likeness (QED) is 0.493. The molecular formula is C27H34N4OS. The monoisotopic (exact) mass is 462 g/mol. The van der Waals surface area contributed by atoms with Crippen LogP contribution in [0.25, 0.3) is 5.13 Å². The second kappa shape index (κ2) is 10.2. The minimum atomic E-state index is 0.0700. The number of rotatable bonds is 7. The Morgan fingerprint density at radius 1 is 1.03 bits per heavy atom. The molecule has 4 heterocycles. The number of aryl methyl sites for hydroxylation is 2. The third kappa shape index (κ3) is 5.07. The van der Waals surface area contributed by atoms with Gasteiger partial charge in [0, 0.05) is 36.9 Å². The third-order valence-electron chi connectivity index (χ3n) is 7.28. The first kappa shape index (κ1) is 22.4. The molecular weight excluding hydrogens is 428 g/mol. The van der Waals surface area contributed by atoms with Gasteiger partial charge in [-0.3, -0.25) is 4.79 Å². The number of piperidine rings is 2. The average Bonchev–Trinajstić information content (AvgIpc) is 3.53. The van der Waals surface area contributed by atoms with Gasteiger partial charge in [0.2, 0.25) is 0 Å². The Labute approximate surface area is 201 Å². The molecule has 2 aromatic heterocycles. The van der Waals surface area contributed by atoms with Crippen LogP contribution < -0.4 is 0 Å². The maximum absolute atomic E-state index is 13.6. The molecule has 0 aliphatic carbocycles. The maximum atomic E-state index is 13.6. The number of thiazole rings is 1. The predicted molar refractivity (Wildman–Crippen MR) is 134 cm³/mol. The van der Waals surface area contributed by atoms with Crippen molar-refractivity contribution >= 4 is 17.2 Å². The Morgan fingerprint density at radius 3 is 2.64 bits per heavy atom. The number of aromatic nitrogens is 2. The van der Waals surface area contributed by atoms with Crippen LogP contribution in [0.5, 0.6) is 0 Å². The number of hydrogen-bond donors (Lipinski definition) is 0. The SMILES string of the molecule is CN(CC1CCCN2CCCCC12)C(=O)c1nc(-n2cccc2)sc1CCc1ccccc1. The molecule has 1 amide bonds. The summed E-state index contributed by atoms with van der Waals surface area (Å²) in [5.41, 5.74) is 1.93. The van der Waals surface area contributed by atoms with Gasteiger partial charge in [-0.05, 0) is 75.2 Å². The topological polar surface area (TPSA) is 41.4 Å². The standard InChI is InChI=1S/C27H34N4OS/c1-29(20-22-12-9-19-30-16-6-5-13-23(22)30)26(32)25-24(15-14-21-10-3-2-4-11-21)33-27(28-25)31-17-7-8-18-31/h2-4,7-8,10-11,17-18,22-23H,5-6,9,12-16,19-20H2,1H3. The molecule has 6 heteroatoms. The lowest BCUT2D eigenvalue weighted by Crippen LogP contribution is -2.51. The van der Waals surface area contributed by atoms with Crippen LogP contribution in [-0.2, 0) is 12.8 Å². The minimum absolute atomic E-state index is 0.0700. The first-order valence-electron chi connectivity index (χ1n) is 12.4. The maximum Gasteiger partial charge on any atom is 0.273 e. The van der Waals surface area contributed by atoms with Crippen molar-refractivity contribution in [2.45, 2.75) is 51.0 Å². The summed E-state index contributed by atoms with van der Waals surface area (Å²) in [7, 11) is 1.97. The number of carbonyl (C=O) groups excluding carboxylic acids is 1. The minimum Gasteiger partial charge on any atom is -0.340 e. The summed E-state index contributed by atoms with van der Waals surface area (Å²) in [5, 5.41) is 0.871. The van der Waals surface area contributed by atoms with Gasteiger partial charge >= 0.3 is 0 Å². The van der Waals surface area contributed by atoms with Crippen LogP contribution in [0, 0.1) is 5.92 Å². The number of carbonyl (C=O) groups is 1. The van der Waals surface area contributed by atoms with E-state index in [0.29, 0.717) is 17.7 Å². The number of nitrogens with zero attached hydrogens (tertiary/aromatic N) is 4. The van der Waals surface area contributed by atoms with Crippen molar-refractivity contribution < 1.29 is 4.79 Å². The van der Waals surface area contributed by atoms with Gasteiger partial charge in [0.05, 0.1) is 0 Å². The van der Waals surface area contributed by atoms with Crippen molar-refractivity contribution in [3.63, 3.8) is 0 Å². The van der Waals surface area contributed by atoms with Gasteiger partial charge in [0.25, 0.3) is 5.91 Å². The zero-order valence-electron chi connectivity index (χ0n) is 19.5. The summed E-state index contributed by atoms with van der Waals surface area (Å²) in [4.78, 5) is 24.2. The Kier molecular flexibility index (Phi) is 6.93. The zero-order chi connectivity index (χ0) is 22.6. The van der Waals surface area contributed by atoms with Gasteiger partial charge < -0.3 is 14.4 Å². The zero-order valence-corrected chi connectivity index (χ0v) is 20.3. The number of hydrogen-bond acceptors (Lipinski definition) is 4. The van der Waals surface area contributed by atoms with E-state index in [-0.39, 0.29) is 5.91 Å². The fraction of sp³-hybridized carbons (Fsp3) is 0.481. The fourth-order valence-corrected chi connectivity index (χ4v) is 6.57. The summed E-state index contributed by atoms with van der Waals surface area (Å²) in [6, 6.07) is 15.1. The van der Waals surface area contributed by atoms with Crippen LogP contribution in [0.1, 0.15) is 53.0 Å². The summed E-state index contributed by atoms with van der Waals surface area (Å²) >= 11 is 1.64. The Balaban J connectivity index is 1.34. The van der Waals surface area contributed by atoms with Crippen LogP contribution in [0.2, 0.25) is 0 Å². The highest BCUT2D eigenvalue weighted by Crippen LogP contribution is 2.32. The lowest BCUT2D eigenvalue weighted by Gasteiger charge is -2.45. The molecule has 0 N–H and O–H groups in total. The molecule has 5 nitrogen and oxygen atoms in total. The van der Waals surface area contributed by atoms with E-state index in [1.807, 2.05) is 47.1 Å². The number of fused-ring (bicyclic) bond motifs is 1. The van der Waals surface area contributed by atoms with Crippen LogP contribution in [0.4, 0.5) is 0 Å². The molecule has 2 aliphatic heterocycles. The highest BCUT2D eigenvalue weighted by molar-refractivity contribution is 7.14. The lowest BCUT2D eigenvalue weighted by atomic mass is 9.83. The molecule has 0 bridgehead atoms. The number of benzene rings is 1. The highest BCUT2D eigenvalue weighted by atomic mass is 32.1. The van der Waals surface area contributed by atoms with Crippen LogP contribution >= 0.6 is 11.3 Å². The van der Waals surface area contributed by atoms with E-state index in [0.717, 1.165) is 29.4 Å². The summed E-state index contributed by atoms with van der Waals surface area (Å²) in [6.07, 6.45) is 12.1. The normalized spacial score (nSPS) is 21.0. The number of amides is 1. The van der Waals surface area contributed by atoms with Gasteiger partial charge in [-0.15, -0.1) is 11.3 Å². The van der Waals surface area contributed by atoms with E-state index < -0.39 is 0 Å². The molecule has 5 rings (SSSR count). The van der Waals surface area contributed by atoms with Crippen molar-refractivity contribution in [3.8, 4) is 5.13 Å². The molecule has 0 saturated carbocycles. The van der Waals surface area contributed by atoms with Crippen molar-refractivity contribution in [2.75, 3.05) is 26.7 Å². The van der Waals surface area contributed by atoms with Gasteiger partial charge in [0.15, 0.2) is 5.13 Å². The van der Waals surface area contributed by atoms with Crippen molar-refractivity contribution in [1.29, 1.82) is 0 Å². The largest absolute Gasteiger partial charge is 0.340 e. The molecule has 2 aliphatic rings. The van der Waals surface area contributed by atoms with Crippen molar-refractivity contribution in [3.05, 3.63) is 71.0 Å². The fourth-order valence-electron chi connectivity index (χ4n) is 5.56. The second-order valence-corrected chi connectivity index (χ2v) is 10.6. The van der Waals surface area contributed by atoms with Crippen LogP contribution in [0.15, 0.2) is 54.9 Å². The van der Waals surface area contributed by atoms with E-state index in [1.165, 1.54) is 50.8 Å². The van der Waals surface area contributed by atoms with Crippen molar-refractivity contribution in [2.24, 2.45) is 5.92 Å². The highest BCUT2D eigenvalue weighted by Gasteiger charge is 2.34. The van der Waals surface area contributed by atoms with Gasteiger partial charge in [-0.25, -0.2) is 4.98 Å². The Hall–Kier alpha value is -2.44.